The Kier molecular flexibility index (Phi) is 8.13. The molecule has 1 aromatic rings. The lowest BCUT2D eigenvalue weighted by Gasteiger charge is -2.14. The van der Waals surface area contributed by atoms with E-state index in [1.165, 1.54) is 45.3 Å². The van der Waals surface area contributed by atoms with Crippen molar-refractivity contribution in [3.8, 4) is 0 Å². The zero-order valence-corrected chi connectivity index (χ0v) is 16.3. The van der Waals surface area contributed by atoms with Crippen molar-refractivity contribution < 1.29 is 32.3 Å². The molecule has 0 radical (unpaired) electrons. The molecule has 0 aliphatic heterocycles. The molecule has 1 atom stereocenters. The maximum absolute atomic E-state index is 12.1. The molecule has 1 rings (SSSR count). The molecule has 9 nitrogen and oxygen atoms in total. The zero-order chi connectivity index (χ0) is 20.6. The van der Waals surface area contributed by atoms with Gasteiger partial charge in [0.25, 0.3) is 5.91 Å². The van der Waals surface area contributed by atoms with E-state index in [1.807, 2.05) is 0 Å². The summed E-state index contributed by atoms with van der Waals surface area (Å²) in [6, 6.07) is 5.67. The van der Waals surface area contributed by atoms with Crippen LogP contribution in [0.1, 0.15) is 13.8 Å². The van der Waals surface area contributed by atoms with Crippen LogP contribution in [0, 0.1) is 0 Å². The number of amides is 1. The summed E-state index contributed by atoms with van der Waals surface area (Å²) >= 11 is 0. The smallest absolute Gasteiger partial charge is 0.331 e. The Labute approximate surface area is 158 Å². The lowest BCUT2D eigenvalue weighted by molar-refractivity contribution is -0.148. The number of carbonyl (C=O) groups excluding carboxylic acids is 3. The van der Waals surface area contributed by atoms with E-state index >= 15 is 0 Å². The minimum Gasteiger partial charge on any atom is -0.463 e. The molecule has 1 N–H and O–H groups in total. The first kappa shape index (κ1) is 22.3. The van der Waals surface area contributed by atoms with Crippen LogP contribution in [-0.2, 0) is 33.9 Å². The average Bonchev–Trinajstić information content (AvgIpc) is 2.60. The Balaban J connectivity index is 2.73. The number of sulfonamides is 1. The Morgan fingerprint density at radius 1 is 1.19 bits per heavy atom. The van der Waals surface area contributed by atoms with Crippen LogP contribution in [0.25, 0.3) is 0 Å². The molecule has 0 saturated carbocycles. The van der Waals surface area contributed by atoms with E-state index in [0.29, 0.717) is 0 Å². The third kappa shape index (κ3) is 6.83. The summed E-state index contributed by atoms with van der Waals surface area (Å²) in [7, 11) is -0.861. The molecular formula is C17H22N2O7S. The molecule has 1 amide bonds. The number of benzene rings is 1. The van der Waals surface area contributed by atoms with Gasteiger partial charge in [-0.15, -0.1) is 0 Å². The van der Waals surface area contributed by atoms with Crippen molar-refractivity contribution in [3.63, 3.8) is 0 Å². The standard InChI is InChI=1S/C17H22N2O7S/c1-5-25-15(20)9-10-16(21)26-12(2)17(22)18-13-7-6-8-14(11-13)27(23,24)19(3)4/h6-12H,5H2,1-4H3,(H,18,22)/b10-9+/t12-/m1/s1. The number of hydrogen-bond donors (Lipinski definition) is 1. The molecule has 10 heteroatoms. The van der Waals surface area contributed by atoms with E-state index in [-0.39, 0.29) is 17.2 Å². The summed E-state index contributed by atoms with van der Waals surface area (Å²) in [6.45, 7) is 3.13. The largest absolute Gasteiger partial charge is 0.463 e. The fourth-order valence-electron chi connectivity index (χ4n) is 1.78. The number of esters is 2. The van der Waals surface area contributed by atoms with Crippen molar-refractivity contribution in [2.24, 2.45) is 0 Å². The third-order valence-electron chi connectivity index (χ3n) is 3.18. The van der Waals surface area contributed by atoms with Crippen molar-refractivity contribution in [1.29, 1.82) is 0 Å². The maximum Gasteiger partial charge on any atom is 0.331 e. The quantitative estimate of drug-likeness (QED) is 0.511. The summed E-state index contributed by atoms with van der Waals surface area (Å²) in [6.07, 6.45) is 0.580. The van der Waals surface area contributed by atoms with E-state index in [4.69, 9.17) is 4.74 Å². The molecule has 148 valence electrons. The second kappa shape index (κ2) is 9.83. The fraction of sp³-hybridized carbons (Fsp3) is 0.353. The molecule has 0 aliphatic rings. The summed E-state index contributed by atoms with van der Waals surface area (Å²) in [4.78, 5) is 34.8. The predicted molar refractivity (Wildman–Crippen MR) is 97.3 cm³/mol. The van der Waals surface area contributed by atoms with Crippen molar-refractivity contribution in [3.05, 3.63) is 36.4 Å². The predicted octanol–water partition coefficient (Wildman–Crippen LogP) is 0.926. The highest BCUT2D eigenvalue weighted by atomic mass is 32.2. The molecule has 0 heterocycles. The number of nitrogens with zero attached hydrogens (tertiary/aromatic N) is 1. The molecule has 0 unspecified atom stereocenters. The minimum absolute atomic E-state index is 0.00678. The highest BCUT2D eigenvalue weighted by Gasteiger charge is 2.20. The van der Waals surface area contributed by atoms with Gasteiger partial charge in [0.05, 0.1) is 11.5 Å². The molecule has 0 bridgehead atoms. The van der Waals surface area contributed by atoms with Gasteiger partial charge in [-0.3, -0.25) is 4.79 Å². The Bertz CT molecular complexity index is 831. The van der Waals surface area contributed by atoms with Gasteiger partial charge in [0.1, 0.15) is 0 Å². The molecule has 1 aromatic carbocycles. The lowest BCUT2D eigenvalue weighted by atomic mass is 10.3. The molecule has 0 saturated heterocycles. The van der Waals surface area contributed by atoms with Crippen LogP contribution in [0.3, 0.4) is 0 Å². The molecule has 27 heavy (non-hydrogen) atoms. The van der Waals surface area contributed by atoms with E-state index in [2.05, 4.69) is 10.1 Å². The van der Waals surface area contributed by atoms with Gasteiger partial charge in [0.2, 0.25) is 10.0 Å². The van der Waals surface area contributed by atoms with Crippen molar-refractivity contribution in [1.82, 2.24) is 4.31 Å². The molecule has 0 aliphatic carbocycles. The number of nitrogens with one attached hydrogen (secondary N) is 1. The number of ether oxygens (including phenoxy) is 2. The first-order chi connectivity index (χ1) is 12.6. The first-order valence-corrected chi connectivity index (χ1v) is 9.40. The zero-order valence-electron chi connectivity index (χ0n) is 15.5. The van der Waals surface area contributed by atoms with Crippen LogP contribution in [0.4, 0.5) is 5.69 Å². The van der Waals surface area contributed by atoms with Gasteiger partial charge in [0, 0.05) is 31.9 Å². The van der Waals surface area contributed by atoms with Crippen LogP contribution in [0.5, 0.6) is 0 Å². The maximum atomic E-state index is 12.1. The summed E-state index contributed by atoms with van der Waals surface area (Å²) in [5.74, 6) is -2.26. The van der Waals surface area contributed by atoms with Crippen molar-refractivity contribution >= 4 is 33.6 Å². The van der Waals surface area contributed by atoms with E-state index in [9.17, 15) is 22.8 Å². The van der Waals surface area contributed by atoms with Gasteiger partial charge in [-0.25, -0.2) is 22.3 Å². The topological polar surface area (TPSA) is 119 Å². The second-order valence-corrected chi connectivity index (χ2v) is 7.62. The number of carbonyl (C=O) groups is 3. The summed E-state index contributed by atoms with van der Waals surface area (Å²) < 4.78 is 34.8. The van der Waals surface area contributed by atoms with Gasteiger partial charge in [-0.05, 0) is 32.0 Å². The molecule has 0 spiro atoms. The third-order valence-corrected chi connectivity index (χ3v) is 5.00. The molecular weight excluding hydrogens is 376 g/mol. The Morgan fingerprint density at radius 3 is 2.41 bits per heavy atom. The SMILES string of the molecule is CCOC(=O)/C=C/C(=O)O[C@H](C)C(=O)Nc1cccc(S(=O)(=O)N(C)C)c1. The monoisotopic (exact) mass is 398 g/mol. The van der Waals surface area contributed by atoms with E-state index < -0.39 is 34.0 Å². The van der Waals surface area contributed by atoms with E-state index in [1.54, 1.807) is 6.92 Å². The normalized spacial score (nSPS) is 12.6. The van der Waals surface area contributed by atoms with Crippen LogP contribution in [0.15, 0.2) is 41.3 Å². The van der Waals surface area contributed by atoms with Gasteiger partial charge >= 0.3 is 11.9 Å². The van der Waals surface area contributed by atoms with E-state index in [0.717, 1.165) is 16.5 Å². The highest BCUT2D eigenvalue weighted by Crippen LogP contribution is 2.18. The van der Waals surface area contributed by atoms with Crippen LogP contribution in [-0.4, -0.2) is 57.4 Å². The van der Waals surface area contributed by atoms with Gasteiger partial charge in [-0.2, -0.15) is 0 Å². The molecule has 0 fully saturated rings. The van der Waals surface area contributed by atoms with Crippen molar-refractivity contribution in [2.45, 2.75) is 24.8 Å². The van der Waals surface area contributed by atoms with Crippen molar-refractivity contribution in [2.75, 3.05) is 26.0 Å². The highest BCUT2D eigenvalue weighted by molar-refractivity contribution is 7.89. The van der Waals surface area contributed by atoms with Gasteiger partial charge < -0.3 is 14.8 Å². The Hall–Kier alpha value is -2.72. The Morgan fingerprint density at radius 2 is 1.81 bits per heavy atom. The van der Waals surface area contributed by atoms with Crippen LogP contribution >= 0.6 is 0 Å². The minimum atomic E-state index is -3.65. The fourth-order valence-corrected chi connectivity index (χ4v) is 2.73. The number of hydrogen-bond acceptors (Lipinski definition) is 7. The lowest BCUT2D eigenvalue weighted by Crippen LogP contribution is -2.29. The van der Waals surface area contributed by atoms with Crippen LogP contribution in [0.2, 0.25) is 0 Å². The van der Waals surface area contributed by atoms with Gasteiger partial charge in [-0.1, -0.05) is 6.07 Å². The summed E-state index contributed by atoms with van der Waals surface area (Å²) in [5, 5.41) is 2.47. The molecule has 0 aromatic heterocycles. The van der Waals surface area contributed by atoms with Gasteiger partial charge in [0.15, 0.2) is 6.10 Å². The summed E-state index contributed by atoms with van der Waals surface area (Å²) in [5.41, 5.74) is 0.230. The van der Waals surface area contributed by atoms with Crippen LogP contribution < -0.4 is 5.32 Å². The first-order valence-electron chi connectivity index (χ1n) is 7.96. The second-order valence-electron chi connectivity index (χ2n) is 5.47. The number of rotatable bonds is 8. The number of anilines is 1. The average molecular weight is 398 g/mol.